The van der Waals surface area contributed by atoms with Gasteiger partial charge in [0.15, 0.2) is 0 Å². The monoisotopic (exact) mass is 413 g/mol. The second-order valence-corrected chi connectivity index (χ2v) is 7.38. The molecular weight excluding hydrogens is 390 g/mol. The molecule has 2 aromatic heterocycles. The molecule has 0 bridgehead atoms. The lowest BCUT2D eigenvalue weighted by Crippen LogP contribution is -2.23. The topological polar surface area (TPSA) is 86.5 Å². The van der Waals surface area contributed by atoms with Crippen molar-refractivity contribution in [3.63, 3.8) is 0 Å². The Morgan fingerprint density at radius 3 is 2.26 bits per heavy atom. The van der Waals surface area contributed by atoms with E-state index in [4.69, 9.17) is 5.11 Å². The quantitative estimate of drug-likeness (QED) is 0.363. The van der Waals surface area contributed by atoms with Crippen LogP contribution in [0.5, 0.6) is 0 Å². The predicted octanol–water partition coefficient (Wildman–Crippen LogP) is 4.35. The van der Waals surface area contributed by atoms with Gasteiger partial charge in [0.1, 0.15) is 0 Å². The number of fused-ring (bicyclic) bond motifs is 1. The number of benzene rings is 2. The lowest BCUT2D eigenvalue weighted by molar-refractivity contribution is -0.0373. The zero-order valence-corrected chi connectivity index (χ0v) is 17.2. The summed E-state index contributed by atoms with van der Waals surface area (Å²) in [5, 5.41) is 19.8. The average molecular weight is 413 g/mol. The van der Waals surface area contributed by atoms with Crippen molar-refractivity contribution in [3.8, 4) is 22.4 Å². The number of carbonyl (C=O) groups excluding carboxylic acids is 1. The summed E-state index contributed by atoms with van der Waals surface area (Å²) in [6, 6.07) is 19.8. The van der Waals surface area contributed by atoms with Crippen molar-refractivity contribution >= 4 is 16.8 Å². The van der Waals surface area contributed by atoms with E-state index >= 15 is 0 Å². The minimum absolute atomic E-state index is 0.199. The number of aryl methyl sites for hydroxylation is 1. The van der Waals surface area contributed by atoms with E-state index in [2.05, 4.69) is 34.2 Å². The van der Waals surface area contributed by atoms with Crippen molar-refractivity contribution in [2.45, 2.75) is 12.8 Å². The summed E-state index contributed by atoms with van der Waals surface area (Å²) in [6.07, 6.45) is 4.84. The number of pyridine rings is 2. The molecule has 0 radical (unpaired) electrons. The molecule has 2 N–H and O–H groups in total. The minimum atomic E-state index is -0.514. The molecule has 2 heterocycles. The van der Waals surface area contributed by atoms with Gasteiger partial charge in [-0.15, -0.1) is 0 Å². The highest BCUT2D eigenvalue weighted by Gasteiger charge is 2.16. The number of rotatable bonds is 6. The Hall–Kier alpha value is -3.61. The van der Waals surface area contributed by atoms with Gasteiger partial charge >= 0.3 is 0 Å². The van der Waals surface area contributed by atoms with Crippen molar-refractivity contribution in [3.05, 3.63) is 84.2 Å². The maximum Gasteiger partial charge on any atom is 0.277 e. The van der Waals surface area contributed by atoms with E-state index in [-0.39, 0.29) is 6.61 Å². The molecule has 0 aliphatic rings. The van der Waals surface area contributed by atoms with Crippen LogP contribution in [0.3, 0.4) is 0 Å². The van der Waals surface area contributed by atoms with Crippen LogP contribution in [0.15, 0.2) is 73.1 Å². The van der Waals surface area contributed by atoms with E-state index in [1.807, 2.05) is 24.3 Å². The molecule has 156 valence electrons. The fraction of sp³-hybridized carbons (Fsp3) is 0.160. The number of aliphatic hydroxyl groups is 1. The molecule has 31 heavy (non-hydrogen) atoms. The molecule has 0 spiro atoms. The van der Waals surface area contributed by atoms with Gasteiger partial charge in [-0.3, -0.25) is 15.0 Å². The number of hydrogen-bond acceptors (Lipinski definition) is 5. The fourth-order valence-electron chi connectivity index (χ4n) is 3.55. The highest BCUT2D eigenvalue weighted by molar-refractivity contribution is 6.06. The standard InChI is InChI=1S/C25H23N3O3/c1-28(31)25(30)21-15-24(27-23-12-13-26-16-22(21)23)20-10-8-19(9-11-20)18-6-4-17(5-7-18)3-2-14-29/h4-13,15-16,29,31H,2-3,14H2,1H3. The largest absolute Gasteiger partial charge is 0.396 e. The van der Waals surface area contributed by atoms with Crippen LogP contribution in [0.4, 0.5) is 0 Å². The Kier molecular flexibility index (Phi) is 6.02. The first-order valence-electron chi connectivity index (χ1n) is 10.1. The van der Waals surface area contributed by atoms with Crippen molar-refractivity contribution in [1.82, 2.24) is 15.0 Å². The van der Waals surface area contributed by atoms with E-state index < -0.39 is 5.91 Å². The SMILES string of the molecule is CN(O)C(=O)c1cc(-c2ccc(-c3ccc(CCCO)cc3)cc2)nc2ccncc12. The molecule has 0 atom stereocenters. The van der Waals surface area contributed by atoms with Crippen molar-refractivity contribution in [1.29, 1.82) is 0 Å². The molecule has 0 aliphatic heterocycles. The molecule has 4 aromatic rings. The van der Waals surface area contributed by atoms with Crippen molar-refractivity contribution < 1.29 is 15.1 Å². The average Bonchev–Trinajstić information content (AvgIpc) is 2.82. The van der Waals surface area contributed by atoms with E-state index in [9.17, 15) is 10.0 Å². The Morgan fingerprint density at radius 2 is 1.61 bits per heavy atom. The molecule has 0 unspecified atom stereocenters. The van der Waals surface area contributed by atoms with Crippen LogP contribution in [0, 0.1) is 0 Å². The molecule has 2 aromatic carbocycles. The van der Waals surface area contributed by atoms with Crippen LogP contribution in [0.25, 0.3) is 33.3 Å². The summed E-state index contributed by atoms with van der Waals surface area (Å²) in [7, 11) is 1.30. The first-order chi connectivity index (χ1) is 15.1. The smallest absolute Gasteiger partial charge is 0.277 e. The molecular formula is C25H23N3O3. The number of hydroxylamine groups is 2. The number of aromatic nitrogens is 2. The van der Waals surface area contributed by atoms with Crippen LogP contribution in [0.1, 0.15) is 22.3 Å². The lowest BCUT2D eigenvalue weighted by atomic mass is 9.99. The first-order valence-corrected chi connectivity index (χ1v) is 10.1. The van der Waals surface area contributed by atoms with Gasteiger partial charge in [0.05, 0.1) is 16.8 Å². The maximum atomic E-state index is 12.5. The van der Waals surface area contributed by atoms with Gasteiger partial charge in [-0.05, 0) is 41.7 Å². The summed E-state index contributed by atoms with van der Waals surface area (Å²) in [5.74, 6) is -0.514. The number of amides is 1. The van der Waals surface area contributed by atoms with Crippen LogP contribution in [0.2, 0.25) is 0 Å². The number of hydrogen-bond donors (Lipinski definition) is 2. The van der Waals surface area contributed by atoms with Gasteiger partial charge in [-0.25, -0.2) is 10.0 Å². The molecule has 0 saturated heterocycles. The molecule has 6 heteroatoms. The normalized spacial score (nSPS) is 10.9. The Labute approximate surface area is 180 Å². The molecule has 0 fully saturated rings. The summed E-state index contributed by atoms with van der Waals surface area (Å²) in [6.45, 7) is 0.199. The van der Waals surface area contributed by atoms with E-state index in [0.29, 0.717) is 27.2 Å². The zero-order valence-electron chi connectivity index (χ0n) is 17.2. The van der Waals surface area contributed by atoms with Gasteiger partial charge in [-0.1, -0.05) is 48.5 Å². The predicted molar refractivity (Wildman–Crippen MR) is 120 cm³/mol. The van der Waals surface area contributed by atoms with Crippen LogP contribution in [-0.4, -0.2) is 44.9 Å². The summed E-state index contributed by atoms with van der Waals surface area (Å²) >= 11 is 0. The third kappa shape index (κ3) is 4.45. The number of aliphatic hydroxyl groups excluding tert-OH is 1. The Bertz CT molecular complexity index is 1200. The number of nitrogens with zero attached hydrogens (tertiary/aromatic N) is 3. The Balaban J connectivity index is 1.67. The zero-order chi connectivity index (χ0) is 21.8. The fourth-order valence-corrected chi connectivity index (χ4v) is 3.55. The Morgan fingerprint density at radius 1 is 0.968 bits per heavy atom. The van der Waals surface area contributed by atoms with Gasteiger partial charge in [0.25, 0.3) is 5.91 Å². The third-order valence-corrected chi connectivity index (χ3v) is 5.23. The second kappa shape index (κ2) is 9.04. The van der Waals surface area contributed by atoms with Crippen LogP contribution in [-0.2, 0) is 6.42 Å². The van der Waals surface area contributed by atoms with E-state index in [1.54, 1.807) is 24.5 Å². The first kappa shape index (κ1) is 20.7. The maximum absolute atomic E-state index is 12.5. The molecule has 1 amide bonds. The number of carbonyl (C=O) groups is 1. The third-order valence-electron chi connectivity index (χ3n) is 5.23. The van der Waals surface area contributed by atoms with E-state index in [1.165, 1.54) is 12.6 Å². The van der Waals surface area contributed by atoms with E-state index in [0.717, 1.165) is 29.5 Å². The molecule has 0 saturated carbocycles. The lowest BCUT2D eigenvalue weighted by Gasteiger charge is -2.12. The highest BCUT2D eigenvalue weighted by atomic mass is 16.5. The molecule has 6 nitrogen and oxygen atoms in total. The van der Waals surface area contributed by atoms with Gasteiger partial charge in [0.2, 0.25) is 0 Å². The second-order valence-electron chi connectivity index (χ2n) is 7.38. The van der Waals surface area contributed by atoms with Crippen LogP contribution >= 0.6 is 0 Å². The minimum Gasteiger partial charge on any atom is -0.396 e. The molecule has 0 aliphatic carbocycles. The van der Waals surface area contributed by atoms with Crippen LogP contribution < -0.4 is 0 Å². The van der Waals surface area contributed by atoms with Crippen molar-refractivity contribution in [2.75, 3.05) is 13.7 Å². The molecule has 4 rings (SSSR count). The van der Waals surface area contributed by atoms with Gasteiger partial charge in [-0.2, -0.15) is 0 Å². The van der Waals surface area contributed by atoms with Crippen molar-refractivity contribution in [2.24, 2.45) is 0 Å². The summed E-state index contributed by atoms with van der Waals surface area (Å²) in [5.41, 5.74) is 5.89. The van der Waals surface area contributed by atoms with Gasteiger partial charge < -0.3 is 5.11 Å². The summed E-state index contributed by atoms with van der Waals surface area (Å²) < 4.78 is 0. The highest BCUT2D eigenvalue weighted by Crippen LogP contribution is 2.28. The summed E-state index contributed by atoms with van der Waals surface area (Å²) in [4.78, 5) is 21.2. The van der Waals surface area contributed by atoms with Gasteiger partial charge in [0, 0.05) is 37.0 Å².